The van der Waals surface area contributed by atoms with Crippen LogP contribution in [-0.4, -0.2) is 9.13 Å². The molecule has 11 aromatic rings. The van der Waals surface area contributed by atoms with Crippen molar-refractivity contribution in [3.8, 4) is 55.9 Å². The van der Waals surface area contributed by atoms with Crippen molar-refractivity contribution >= 4 is 43.6 Å². The van der Waals surface area contributed by atoms with E-state index in [1.807, 2.05) is 0 Å². The number of para-hydroxylation sites is 2. The Hall–Kier alpha value is -7.42. The highest BCUT2D eigenvalue weighted by atomic mass is 15.0. The molecule has 2 heterocycles. The number of hydrogen-bond acceptors (Lipinski definition) is 0. The lowest BCUT2D eigenvalue weighted by Crippen LogP contribution is -2.28. The molecule has 0 radical (unpaired) electrons. The largest absolute Gasteiger partial charge is 0.309 e. The van der Waals surface area contributed by atoms with Crippen molar-refractivity contribution in [2.24, 2.45) is 0 Å². The van der Waals surface area contributed by atoms with Gasteiger partial charge in [0.15, 0.2) is 0 Å². The van der Waals surface area contributed by atoms with Gasteiger partial charge in [-0.05, 0) is 129 Å². The average Bonchev–Trinajstić information content (AvgIpc) is 3.94. The average molecular weight is 793 g/mol. The van der Waals surface area contributed by atoms with Crippen LogP contribution in [0.1, 0.15) is 43.2 Å². The molecule has 13 rings (SSSR count). The van der Waals surface area contributed by atoms with Crippen LogP contribution in [0.5, 0.6) is 0 Å². The summed E-state index contributed by atoms with van der Waals surface area (Å²) in [7, 11) is 0. The van der Waals surface area contributed by atoms with E-state index < -0.39 is 0 Å². The molecule has 2 aliphatic rings. The molecule has 294 valence electrons. The second-order valence-corrected chi connectivity index (χ2v) is 17.6. The minimum absolute atomic E-state index is 0.0361. The third-order valence-corrected chi connectivity index (χ3v) is 14.3. The van der Waals surface area contributed by atoms with Crippen molar-refractivity contribution in [1.82, 2.24) is 9.13 Å². The molecule has 1 fully saturated rings. The van der Waals surface area contributed by atoms with Crippen LogP contribution in [-0.2, 0) is 5.41 Å². The minimum atomic E-state index is 0.0361. The Bertz CT molecular complexity index is 3530. The van der Waals surface area contributed by atoms with Gasteiger partial charge < -0.3 is 9.13 Å². The first-order valence-corrected chi connectivity index (χ1v) is 22.3. The summed E-state index contributed by atoms with van der Waals surface area (Å²) in [6, 6.07) is 77.1. The summed E-state index contributed by atoms with van der Waals surface area (Å²) < 4.78 is 4.96. The number of aromatic nitrogens is 2. The van der Waals surface area contributed by atoms with E-state index in [-0.39, 0.29) is 5.41 Å². The Morgan fingerprint density at radius 3 is 1.55 bits per heavy atom. The number of hydrogen-bond donors (Lipinski definition) is 0. The molecule has 1 spiro atoms. The molecule has 0 saturated heterocycles. The molecule has 0 unspecified atom stereocenters. The number of benzene rings is 9. The van der Waals surface area contributed by atoms with Gasteiger partial charge in [-0.2, -0.15) is 0 Å². The quantitative estimate of drug-likeness (QED) is 0.164. The zero-order valence-electron chi connectivity index (χ0n) is 34.6. The van der Waals surface area contributed by atoms with E-state index in [1.54, 1.807) is 0 Å². The Morgan fingerprint density at radius 2 is 0.806 bits per heavy atom. The van der Waals surface area contributed by atoms with Crippen LogP contribution in [0, 0.1) is 0 Å². The van der Waals surface area contributed by atoms with Gasteiger partial charge in [-0.1, -0.05) is 165 Å². The second-order valence-electron chi connectivity index (χ2n) is 17.6. The monoisotopic (exact) mass is 792 g/mol. The third kappa shape index (κ3) is 5.29. The summed E-state index contributed by atoms with van der Waals surface area (Å²) in [6.07, 6.45) is 6.24. The molecule has 0 bridgehead atoms. The van der Waals surface area contributed by atoms with Gasteiger partial charge >= 0.3 is 0 Å². The van der Waals surface area contributed by atoms with E-state index in [0.717, 1.165) is 0 Å². The minimum Gasteiger partial charge on any atom is -0.309 e. The summed E-state index contributed by atoms with van der Waals surface area (Å²) in [5.74, 6) is 0. The normalized spacial score (nSPS) is 14.3. The van der Waals surface area contributed by atoms with Gasteiger partial charge in [0.2, 0.25) is 0 Å². The standard InChI is InChI=1S/C60H44N2/c1-4-15-40(16-5-1)42-25-29-46(30-26-42)61-56-23-10-8-21-48(56)50-31-27-45(37-58(50)61)44-28-32-54-51(36-44)52-39-59-53(38-55(52)60(54)33-12-3-13-34-60)49-22-9-11-24-57(49)62(59)47-20-14-19-43(35-47)41-17-6-2-7-18-41/h1-2,4-11,14-32,35-39H,3,12-13,33-34H2. The van der Waals surface area contributed by atoms with Crippen molar-refractivity contribution in [1.29, 1.82) is 0 Å². The molecule has 9 aromatic carbocycles. The van der Waals surface area contributed by atoms with E-state index in [2.05, 4.69) is 215 Å². The van der Waals surface area contributed by atoms with E-state index in [9.17, 15) is 0 Å². The molecule has 0 aliphatic heterocycles. The molecule has 0 amide bonds. The molecular weight excluding hydrogens is 749 g/mol. The fourth-order valence-corrected chi connectivity index (χ4v) is 11.4. The molecule has 2 aliphatic carbocycles. The van der Waals surface area contributed by atoms with Gasteiger partial charge in [0.05, 0.1) is 22.1 Å². The highest BCUT2D eigenvalue weighted by Crippen LogP contribution is 2.58. The Labute approximate surface area is 362 Å². The molecule has 2 aromatic heterocycles. The van der Waals surface area contributed by atoms with Crippen LogP contribution in [0.3, 0.4) is 0 Å². The van der Waals surface area contributed by atoms with E-state index in [1.165, 1.54) is 143 Å². The van der Waals surface area contributed by atoms with Crippen molar-refractivity contribution in [2.75, 3.05) is 0 Å². The third-order valence-electron chi connectivity index (χ3n) is 14.3. The first-order valence-electron chi connectivity index (χ1n) is 22.3. The van der Waals surface area contributed by atoms with Gasteiger partial charge in [-0.25, -0.2) is 0 Å². The number of fused-ring (bicyclic) bond motifs is 11. The molecule has 62 heavy (non-hydrogen) atoms. The highest BCUT2D eigenvalue weighted by molar-refractivity contribution is 6.12. The van der Waals surface area contributed by atoms with Crippen LogP contribution < -0.4 is 0 Å². The summed E-state index contributed by atoms with van der Waals surface area (Å²) in [4.78, 5) is 0. The van der Waals surface area contributed by atoms with Crippen LogP contribution in [0.15, 0.2) is 206 Å². The first kappa shape index (κ1) is 35.3. The maximum absolute atomic E-state index is 2.60. The fraction of sp³-hybridized carbons (Fsp3) is 0.100. The molecule has 0 atom stereocenters. The molecular formula is C60H44N2. The lowest BCUT2D eigenvalue weighted by atomic mass is 9.67. The maximum Gasteiger partial charge on any atom is 0.0547 e. The highest BCUT2D eigenvalue weighted by Gasteiger charge is 2.44. The van der Waals surface area contributed by atoms with Crippen molar-refractivity contribution in [3.63, 3.8) is 0 Å². The first-order chi connectivity index (χ1) is 30.7. The zero-order valence-corrected chi connectivity index (χ0v) is 34.6. The predicted molar refractivity (Wildman–Crippen MR) is 261 cm³/mol. The molecule has 1 saturated carbocycles. The van der Waals surface area contributed by atoms with Gasteiger partial charge in [-0.15, -0.1) is 0 Å². The topological polar surface area (TPSA) is 9.86 Å². The van der Waals surface area contributed by atoms with Crippen LogP contribution in [0.2, 0.25) is 0 Å². The lowest BCUT2D eigenvalue weighted by Gasteiger charge is -2.36. The molecule has 2 heteroatoms. The van der Waals surface area contributed by atoms with Gasteiger partial charge in [0.25, 0.3) is 0 Å². The van der Waals surface area contributed by atoms with Crippen molar-refractivity contribution in [2.45, 2.75) is 37.5 Å². The Balaban J connectivity index is 0.993. The van der Waals surface area contributed by atoms with Crippen molar-refractivity contribution in [3.05, 3.63) is 217 Å². The molecule has 0 N–H and O–H groups in total. The Morgan fingerprint density at radius 1 is 0.290 bits per heavy atom. The number of nitrogens with zero attached hydrogens (tertiary/aromatic N) is 2. The number of rotatable bonds is 5. The molecule has 2 nitrogen and oxygen atoms in total. The SMILES string of the molecule is c1ccc(-c2ccc(-n3c4ccccc4c4ccc(-c5ccc6c(c5)-c5cc7c(cc5C65CCCCC5)c5ccccc5n7-c5cccc(-c6ccccc6)c5)cc43)cc2)cc1. The van der Waals surface area contributed by atoms with Gasteiger partial charge in [0, 0.05) is 38.3 Å². The summed E-state index contributed by atoms with van der Waals surface area (Å²) >= 11 is 0. The fourth-order valence-electron chi connectivity index (χ4n) is 11.4. The summed E-state index contributed by atoms with van der Waals surface area (Å²) in [5, 5.41) is 5.21. The predicted octanol–water partition coefficient (Wildman–Crippen LogP) is 16.1. The smallest absolute Gasteiger partial charge is 0.0547 e. The maximum atomic E-state index is 2.60. The lowest BCUT2D eigenvalue weighted by molar-refractivity contribution is 0.353. The van der Waals surface area contributed by atoms with Crippen LogP contribution >= 0.6 is 0 Å². The van der Waals surface area contributed by atoms with E-state index in [0.29, 0.717) is 0 Å². The summed E-state index contributed by atoms with van der Waals surface area (Å²) in [6.45, 7) is 0. The van der Waals surface area contributed by atoms with E-state index >= 15 is 0 Å². The van der Waals surface area contributed by atoms with Crippen molar-refractivity contribution < 1.29 is 0 Å². The van der Waals surface area contributed by atoms with Crippen LogP contribution in [0.25, 0.3) is 99.5 Å². The van der Waals surface area contributed by atoms with E-state index in [4.69, 9.17) is 0 Å². The zero-order chi connectivity index (χ0) is 40.8. The van der Waals surface area contributed by atoms with Crippen LogP contribution in [0.4, 0.5) is 0 Å². The summed E-state index contributed by atoms with van der Waals surface area (Å²) in [5.41, 5.74) is 20.6. The Kier molecular flexibility index (Phi) is 7.87. The van der Waals surface area contributed by atoms with Gasteiger partial charge in [0.1, 0.15) is 0 Å². The van der Waals surface area contributed by atoms with Gasteiger partial charge in [-0.3, -0.25) is 0 Å². The second kappa shape index (κ2) is 13.8.